The Labute approximate surface area is 165 Å². The molecule has 7 heteroatoms. The number of hydrogen-bond donors (Lipinski definition) is 2. The van der Waals surface area contributed by atoms with Crippen molar-refractivity contribution in [3.05, 3.63) is 77.6 Å². The molecule has 7 nitrogen and oxygen atoms in total. The molecule has 0 saturated carbocycles. The SMILES string of the molecule is CCOC(=O)n1cc(-n2c(-c3c[nH]c4ccccc34)c[nH]c2=O)c2ccccc21. The van der Waals surface area contributed by atoms with Crippen molar-refractivity contribution in [1.29, 1.82) is 0 Å². The van der Waals surface area contributed by atoms with Crippen LogP contribution >= 0.6 is 0 Å². The second-order valence-electron chi connectivity index (χ2n) is 6.66. The molecule has 0 unspecified atom stereocenters. The smallest absolute Gasteiger partial charge is 0.418 e. The predicted molar refractivity (Wildman–Crippen MR) is 112 cm³/mol. The monoisotopic (exact) mass is 386 g/mol. The molecule has 0 spiro atoms. The van der Waals surface area contributed by atoms with E-state index in [4.69, 9.17) is 4.74 Å². The molecule has 3 heterocycles. The molecule has 0 saturated heterocycles. The van der Waals surface area contributed by atoms with Crippen molar-refractivity contribution in [2.24, 2.45) is 0 Å². The van der Waals surface area contributed by atoms with Crippen LogP contribution in [0.25, 0.3) is 38.8 Å². The van der Waals surface area contributed by atoms with Gasteiger partial charge < -0.3 is 14.7 Å². The first-order valence-corrected chi connectivity index (χ1v) is 9.33. The summed E-state index contributed by atoms with van der Waals surface area (Å²) in [7, 11) is 0. The third-order valence-corrected chi connectivity index (χ3v) is 5.04. The molecule has 5 aromatic rings. The first kappa shape index (κ1) is 17.1. The summed E-state index contributed by atoms with van der Waals surface area (Å²) in [5, 5.41) is 1.79. The summed E-state index contributed by atoms with van der Waals surface area (Å²) in [6, 6.07) is 15.4. The standard InChI is InChI=1S/C22H18N4O3/c1-2-29-22(28)25-13-20(15-8-4-6-10-18(15)25)26-19(12-24-21(26)27)16-11-23-17-9-5-3-7-14(16)17/h3-13,23H,2H2,1H3,(H,24,27). The second kappa shape index (κ2) is 6.56. The number of para-hydroxylation sites is 2. The van der Waals surface area contributed by atoms with Gasteiger partial charge in [-0.1, -0.05) is 36.4 Å². The molecule has 3 aromatic heterocycles. The van der Waals surface area contributed by atoms with Gasteiger partial charge in [0.25, 0.3) is 0 Å². The number of ether oxygens (including phenoxy) is 1. The zero-order chi connectivity index (χ0) is 20.0. The van der Waals surface area contributed by atoms with Gasteiger partial charge in [0.1, 0.15) is 0 Å². The molecule has 2 aromatic carbocycles. The van der Waals surface area contributed by atoms with Gasteiger partial charge in [0.15, 0.2) is 0 Å². The Balaban J connectivity index is 1.78. The summed E-state index contributed by atoms with van der Waals surface area (Å²) in [5.41, 5.74) is 3.60. The lowest BCUT2D eigenvalue weighted by Gasteiger charge is -2.05. The number of imidazole rings is 1. The fourth-order valence-corrected chi connectivity index (χ4v) is 3.77. The average Bonchev–Trinajstić information content (AvgIpc) is 3.42. The largest absolute Gasteiger partial charge is 0.449 e. The van der Waals surface area contributed by atoms with E-state index < -0.39 is 6.09 Å². The molecule has 0 bridgehead atoms. The van der Waals surface area contributed by atoms with E-state index >= 15 is 0 Å². The molecule has 144 valence electrons. The van der Waals surface area contributed by atoms with Crippen molar-refractivity contribution in [2.45, 2.75) is 6.92 Å². The van der Waals surface area contributed by atoms with Crippen LogP contribution in [0.1, 0.15) is 6.92 Å². The minimum atomic E-state index is -0.479. The number of aromatic nitrogens is 4. The summed E-state index contributed by atoms with van der Waals surface area (Å²) < 4.78 is 8.21. The van der Waals surface area contributed by atoms with E-state index in [1.165, 1.54) is 4.57 Å². The van der Waals surface area contributed by atoms with Crippen LogP contribution in [0.3, 0.4) is 0 Å². The maximum Gasteiger partial charge on any atom is 0.418 e. The zero-order valence-corrected chi connectivity index (χ0v) is 15.7. The molecule has 5 rings (SSSR count). The third kappa shape index (κ3) is 2.59. The highest BCUT2D eigenvalue weighted by atomic mass is 16.5. The number of nitrogens with one attached hydrogen (secondary N) is 2. The Morgan fingerprint density at radius 3 is 2.59 bits per heavy atom. The van der Waals surface area contributed by atoms with E-state index in [1.807, 2.05) is 54.7 Å². The number of fused-ring (bicyclic) bond motifs is 2. The number of carbonyl (C=O) groups excluding carboxylic acids is 1. The lowest BCUT2D eigenvalue weighted by Crippen LogP contribution is -2.16. The Bertz CT molecular complexity index is 1420. The van der Waals surface area contributed by atoms with Gasteiger partial charge in [-0.15, -0.1) is 0 Å². The molecular formula is C22H18N4O3. The summed E-state index contributed by atoms with van der Waals surface area (Å²) in [6.45, 7) is 2.03. The molecular weight excluding hydrogens is 368 g/mol. The third-order valence-electron chi connectivity index (χ3n) is 5.04. The fraction of sp³-hybridized carbons (Fsp3) is 0.0909. The lowest BCUT2D eigenvalue weighted by atomic mass is 10.1. The van der Waals surface area contributed by atoms with Gasteiger partial charge >= 0.3 is 11.8 Å². The summed E-state index contributed by atoms with van der Waals surface area (Å²) in [6.07, 6.45) is 4.74. The molecule has 0 aliphatic carbocycles. The van der Waals surface area contributed by atoms with E-state index in [0.717, 1.165) is 21.9 Å². The number of rotatable bonds is 3. The molecule has 0 aliphatic rings. The van der Waals surface area contributed by atoms with E-state index in [2.05, 4.69) is 9.97 Å². The Morgan fingerprint density at radius 1 is 1.00 bits per heavy atom. The quantitative estimate of drug-likeness (QED) is 0.485. The second-order valence-corrected chi connectivity index (χ2v) is 6.66. The topological polar surface area (TPSA) is 84.8 Å². The molecule has 0 radical (unpaired) electrons. The molecule has 29 heavy (non-hydrogen) atoms. The highest BCUT2D eigenvalue weighted by Gasteiger charge is 2.20. The van der Waals surface area contributed by atoms with E-state index in [1.54, 1.807) is 23.9 Å². The molecule has 0 fully saturated rings. The first-order valence-electron chi connectivity index (χ1n) is 9.33. The van der Waals surface area contributed by atoms with Crippen molar-refractivity contribution in [1.82, 2.24) is 19.1 Å². The van der Waals surface area contributed by atoms with Crippen molar-refractivity contribution in [3.8, 4) is 16.9 Å². The van der Waals surface area contributed by atoms with Gasteiger partial charge in [0.05, 0.1) is 23.5 Å². The molecule has 0 amide bonds. The number of carbonyl (C=O) groups is 1. The summed E-state index contributed by atoms with van der Waals surface area (Å²) in [4.78, 5) is 31.3. The Morgan fingerprint density at radius 2 is 1.76 bits per heavy atom. The predicted octanol–water partition coefficient (Wildman–Crippen LogP) is 4.27. The van der Waals surface area contributed by atoms with Crippen molar-refractivity contribution in [2.75, 3.05) is 6.61 Å². The first-order chi connectivity index (χ1) is 14.2. The van der Waals surface area contributed by atoms with Crippen molar-refractivity contribution in [3.63, 3.8) is 0 Å². The lowest BCUT2D eigenvalue weighted by molar-refractivity contribution is 0.155. The van der Waals surface area contributed by atoms with E-state index in [-0.39, 0.29) is 12.3 Å². The van der Waals surface area contributed by atoms with Crippen LogP contribution in [-0.2, 0) is 4.74 Å². The van der Waals surface area contributed by atoms with Crippen LogP contribution in [0, 0.1) is 0 Å². The zero-order valence-electron chi connectivity index (χ0n) is 15.7. The maximum absolute atomic E-state index is 12.8. The summed E-state index contributed by atoms with van der Waals surface area (Å²) >= 11 is 0. The minimum absolute atomic E-state index is 0.269. The summed E-state index contributed by atoms with van der Waals surface area (Å²) in [5.74, 6) is 0. The minimum Gasteiger partial charge on any atom is -0.449 e. The number of benzene rings is 2. The normalized spacial score (nSPS) is 11.3. The van der Waals surface area contributed by atoms with Crippen molar-refractivity contribution < 1.29 is 9.53 Å². The van der Waals surface area contributed by atoms with Crippen LogP contribution in [-0.4, -0.2) is 31.8 Å². The van der Waals surface area contributed by atoms with Crippen LogP contribution in [0.4, 0.5) is 4.79 Å². The average molecular weight is 386 g/mol. The van der Waals surface area contributed by atoms with Gasteiger partial charge in [-0.25, -0.2) is 9.59 Å². The number of H-pyrrole nitrogens is 2. The number of nitrogens with zero attached hydrogens (tertiary/aromatic N) is 2. The van der Waals surface area contributed by atoms with Crippen LogP contribution in [0.2, 0.25) is 0 Å². The number of hydrogen-bond acceptors (Lipinski definition) is 3. The van der Waals surface area contributed by atoms with E-state index in [0.29, 0.717) is 16.9 Å². The maximum atomic E-state index is 12.8. The van der Waals surface area contributed by atoms with Gasteiger partial charge in [-0.05, 0) is 19.1 Å². The van der Waals surface area contributed by atoms with Crippen molar-refractivity contribution >= 4 is 27.9 Å². The highest BCUT2D eigenvalue weighted by molar-refractivity contribution is 5.98. The fourth-order valence-electron chi connectivity index (χ4n) is 3.77. The molecule has 2 N–H and O–H groups in total. The van der Waals surface area contributed by atoms with Gasteiger partial charge in [-0.2, -0.15) is 0 Å². The molecule has 0 aliphatic heterocycles. The number of aromatic amines is 2. The Kier molecular flexibility index (Phi) is 3.87. The van der Waals surface area contributed by atoms with Gasteiger partial charge in [0, 0.05) is 40.4 Å². The van der Waals surface area contributed by atoms with Gasteiger partial charge in [-0.3, -0.25) is 9.13 Å². The Hall–Kier alpha value is -4.00. The van der Waals surface area contributed by atoms with Gasteiger partial charge in [0.2, 0.25) is 0 Å². The van der Waals surface area contributed by atoms with Crippen LogP contribution in [0.15, 0.2) is 71.9 Å². The molecule has 0 atom stereocenters. The van der Waals surface area contributed by atoms with E-state index in [9.17, 15) is 9.59 Å². The van der Waals surface area contributed by atoms with Crippen LogP contribution < -0.4 is 5.69 Å². The highest BCUT2D eigenvalue weighted by Crippen LogP contribution is 2.32. The van der Waals surface area contributed by atoms with Crippen LogP contribution in [0.5, 0.6) is 0 Å².